The Bertz CT molecular complexity index is 1970. The molecule has 0 saturated carbocycles. The number of ether oxygens (including phenoxy) is 6. The van der Waals surface area contributed by atoms with E-state index in [2.05, 4.69) is 0 Å². The number of esters is 6. The van der Waals surface area contributed by atoms with Crippen LogP contribution in [0.3, 0.4) is 0 Å². The zero-order valence-electron chi connectivity index (χ0n) is 45.9. The van der Waals surface area contributed by atoms with Crippen LogP contribution in [0.15, 0.2) is 24.3 Å². The van der Waals surface area contributed by atoms with Crippen molar-refractivity contribution in [3.8, 4) is 0 Å². The van der Waals surface area contributed by atoms with Crippen LogP contribution >= 0.6 is 0 Å². The quantitative estimate of drug-likeness (QED) is 0.0245. The van der Waals surface area contributed by atoms with Gasteiger partial charge in [0.05, 0.1) is 56.8 Å². The molecule has 1 rings (SSSR count). The first-order chi connectivity index (χ1) is 34.2. The van der Waals surface area contributed by atoms with E-state index in [1.165, 1.54) is 24.3 Å². The number of carbonyl (C=O) groups excluding carboxylic acids is 6. The summed E-state index contributed by atoms with van der Waals surface area (Å²) >= 11 is 0. The number of carboxylic acids is 3. The number of aromatic carboxylic acids is 1. The van der Waals surface area contributed by atoms with Crippen molar-refractivity contribution >= 4 is 53.7 Å². The molecule has 0 aromatic heterocycles. The highest BCUT2D eigenvalue weighted by molar-refractivity contribution is 6.02. The van der Waals surface area contributed by atoms with Gasteiger partial charge in [0.1, 0.15) is 39.1 Å². The first-order valence-electron chi connectivity index (χ1n) is 24.8. The fraction of sp³-hybridized carbons (Fsp3) is 0.717. The van der Waals surface area contributed by atoms with E-state index >= 15 is 0 Å². The minimum Gasteiger partial charge on any atom is -0.481 e. The fourth-order valence-electron chi connectivity index (χ4n) is 7.38. The number of unbranched alkanes of at least 4 members (excludes halogenated alkanes) is 2. The Morgan fingerprint density at radius 3 is 1.31 bits per heavy atom. The normalized spacial score (nSPS) is 14.2. The molecule has 4 atom stereocenters. The molecule has 1 aromatic carbocycles. The fourth-order valence-corrected chi connectivity index (χ4v) is 7.38. The third-order valence-corrected chi connectivity index (χ3v) is 12.5. The Morgan fingerprint density at radius 2 is 0.892 bits per heavy atom. The van der Waals surface area contributed by atoms with Crippen LogP contribution in [0.2, 0.25) is 0 Å². The lowest BCUT2D eigenvalue weighted by atomic mass is 9.72. The van der Waals surface area contributed by atoms with Crippen LogP contribution in [0, 0.1) is 32.5 Å². The van der Waals surface area contributed by atoms with E-state index in [1.54, 1.807) is 90.0 Å². The highest BCUT2D eigenvalue weighted by Crippen LogP contribution is 2.40. The van der Waals surface area contributed by atoms with Crippen molar-refractivity contribution in [1.29, 1.82) is 0 Å². The van der Waals surface area contributed by atoms with Gasteiger partial charge in [-0.2, -0.15) is 0 Å². The molecule has 0 fully saturated rings. The Labute approximate surface area is 435 Å². The van der Waals surface area contributed by atoms with Gasteiger partial charge in [0.15, 0.2) is 0 Å². The van der Waals surface area contributed by atoms with Gasteiger partial charge < -0.3 is 59.1 Å². The van der Waals surface area contributed by atoms with Crippen molar-refractivity contribution in [3.05, 3.63) is 35.4 Å². The Morgan fingerprint density at radius 1 is 0.486 bits per heavy atom. The summed E-state index contributed by atoms with van der Waals surface area (Å²) in [4.78, 5) is 107. The van der Waals surface area contributed by atoms with Gasteiger partial charge in [0.2, 0.25) is 0 Å². The summed E-state index contributed by atoms with van der Waals surface area (Å²) in [5.74, 6) is -6.44. The number of carbonyl (C=O) groups is 9. The number of hydrogen-bond donors (Lipinski definition) is 6. The highest BCUT2D eigenvalue weighted by atomic mass is 16.6. The summed E-state index contributed by atoms with van der Waals surface area (Å²) in [5, 5.41) is 53.7. The van der Waals surface area contributed by atoms with Gasteiger partial charge in [0, 0.05) is 13.0 Å². The molecule has 0 bridgehead atoms. The van der Waals surface area contributed by atoms with E-state index in [0.29, 0.717) is 32.1 Å². The van der Waals surface area contributed by atoms with Gasteiger partial charge in [-0.25, -0.2) is 9.59 Å². The van der Waals surface area contributed by atoms with E-state index in [0.717, 1.165) is 6.42 Å². The second-order valence-electron chi connectivity index (χ2n) is 20.8. The molecule has 0 spiro atoms. The molecule has 0 amide bonds. The maximum Gasteiger partial charge on any atom is 0.339 e. The highest BCUT2D eigenvalue weighted by Gasteiger charge is 2.45. The SMILES string of the molecule is CCC(C)(CC(C)(C)C(=O)OC(C)CO)C(=O)O.CCC(C)(CC(C)(C)C(=O)OCCO)C(=O)O.CCC(C)(CC(C)(C)C(=O)OCCOC(=O)CCCCCO)C(=O)OCCOC(=O)c1ccccc1C(=O)O. The van der Waals surface area contributed by atoms with Crippen molar-refractivity contribution in [2.75, 3.05) is 52.9 Å². The van der Waals surface area contributed by atoms with Gasteiger partial charge in [-0.05, 0) is 133 Å². The second kappa shape index (κ2) is 33.3. The smallest absolute Gasteiger partial charge is 0.339 e. The number of aliphatic carboxylic acids is 2. The molecule has 74 heavy (non-hydrogen) atoms. The first-order valence-corrected chi connectivity index (χ1v) is 24.8. The van der Waals surface area contributed by atoms with Gasteiger partial charge in [0.25, 0.3) is 0 Å². The number of rotatable bonds is 32. The summed E-state index contributed by atoms with van der Waals surface area (Å²) in [6, 6.07) is 5.62. The average Bonchev–Trinajstić information content (AvgIpc) is 3.33. The molecular weight excluding hydrogens is 973 g/mol. The van der Waals surface area contributed by atoms with Crippen LogP contribution in [0.4, 0.5) is 0 Å². The molecule has 0 aliphatic heterocycles. The third-order valence-electron chi connectivity index (χ3n) is 12.5. The predicted octanol–water partition coefficient (Wildman–Crippen LogP) is 6.82. The molecule has 424 valence electrons. The molecule has 0 radical (unpaired) electrons. The predicted molar refractivity (Wildman–Crippen MR) is 268 cm³/mol. The largest absolute Gasteiger partial charge is 0.481 e. The average molecular weight is 1060 g/mol. The minimum atomic E-state index is -1.26. The van der Waals surface area contributed by atoms with E-state index in [-0.39, 0.29) is 89.7 Å². The van der Waals surface area contributed by atoms with Crippen molar-refractivity contribution in [1.82, 2.24) is 0 Å². The summed E-state index contributed by atoms with van der Waals surface area (Å²) in [6.45, 7) is 20.6. The van der Waals surface area contributed by atoms with Gasteiger partial charge in [-0.1, -0.05) is 39.3 Å². The summed E-state index contributed by atoms with van der Waals surface area (Å²) < 4.78 is 30.6. The Hall–Kier alpha value is -5.67. The Kier molecular flexibility index (Phi) is 31.7. The molecule has 0 saturated heterocycles. The Balaban J connectivity index is 0. The van der Waals surface area contributed by atoms with Crippen LogP contribution in [0.1, 0.15) is 175 Å². The third kappa shape index (κ3) is 25.0. The van der Waals surface area contributed by atoms with Crippen LogP contribution in [0.25, 0.3) is 0 Å². The molecule has 0 heterocycles. The number of aliphatic hydroxyl groups is 3. The summed E-state index contributed by atoms with van der Waals surface area (Å²) in [7, 11) is 0. The summed E-state index contributed by atoms with van der Waals surface area (Å²) in [5.41, 5.74) is -6.06. The lowest BCUT2D eigenvalue weighted by molar-refractivity contribution is -0.166. The molecule has 21 heteroatoms. The van der Waals surface area contributed by atoms with Crippen LogP contribution in [0.5, 0.6) is 0 Å². The summed E-state index contributed by atoms with van der Waals surface area (Å²) in [6.07, 6.45) is 3.37. The van der Waals surface area contributed by atoms with Crippen molar-refractivity contribution in [3.63, 3.8) is 0 Å². The van der Waals surface area contributed by atoms with Gasteiger partial charge in [-0.3, -0.25) is 33.6 Å². The number of aliphatic hydroxyl groups excluding tert-OH is 3. The van der Waals surface area contributed by atoms with E-state index in [1.807, 2.05) is 0 Å². The number of hydrogen-bond acceptors (Lipinski definition) is 18. The standard InChI is InChI=1S/C28H40O11.C13H24O5.C12H22O5/c1-5-28(4,19-27(2,3)25(34)38-17-15-36-22(30)13-7-6-10-14-29)26(35)39-18-16-37-24(33)21-12-9-8-11-20(21)23(31)32;1-6-13(5,10(15)16)8-12(3,4)11(17)18-9(2)7-14;1-5-12(4,9(14)15)8-11(2,3)10(16)17-7-6-13/h8-9,11-12,29H,5-7,10,13-19H2,1-4H3,(H,31,32);9,14H,6-8H2,1-5H3,(H,15,16);13H,5-8H2,1-4H3,(H,14,15). The van der Waals surface area contributed by atoms with Gasteiger partial charge >= 0.3 is 53.7 Å². The van der Waals surface area contributed by atoms with Crippen LogP contribution in [-0.2, 0) is 62.0 Å². The monoisotopic (exact) mass is 1060 g/mol. The topological polar surface area (TPSA) is 330 Å². The minimum absolute atomic E-state index is 0.0574. The van der Waals surface area contributed by atoms with E-state index < -0.39 is 92.3 Å². The molecule has 0 aliphatic rings. The van der Waals surface area contributed by atoms with Crippen molar-refractivity contribution in [2.45, 2.75) is 160 Å². The molecule has 0 aliphatic carbocycles. The first kappa shape index (κ1) is 70.4. The zero-order chi connectivity index (χ0) is 57.7. The van der Waals surface area contributed by atoms with E-state index in [4.69, 9.17) is 48.8 Å². The molecule has 4 unspecified atom stereocenters. The van der Waals surface area contributed by atoms with Crippen LogP contribution in [-0.4, -0.2) is 143 Å². The molecule has 1 aromatic rings. The van der Waals surface area contributed by atoms with Crippen molar-refractivity contribution < 1.29 is 102 Å². The van der Waals surface area contributed by atoms with E-state index in [9.17, 15) is 53.4 Å². The van der Waals surface area contributed by atoms with Crippen LogP contribution < -0.4 is 0 Å². The number of benzene rings is 1. The van der Waals surface area contributed by atoms with Gasteiger partial charge in [-0.15, -0.1) is 0 Å². The lowest BCUT2D eigenvalue weighted by Gasteiger charge is -2.33. The maximum absolute atomic E-state index is 12.9. The zero-order valence-corrected chi connectivity index (χ0v) is 45.9. The lowest BCUT2D eigenvalue weighted by Crippen LogP contribution is -2.39. The van der Waals surface area contributed by atoms with Crippen molar-refractivity contribution in [2.24, 2.45) is 32.5 Å². The molecule has 6 N–H and O–H groups in total. The second-order valence-corrected chi connectivity index (χ2v) is 20.8. The molecule has 21 nitrogen and oxygen atoms in total. The number of carboxylic acid groups (broad SMARTS) is 3. The maximum atomic E-state index is 12.9. The molecular formula is C53H86O21.